The van der Waals surface area contributed by atoms with Gasteiger partial charge >= 0.3 is 0 Å². The van der Waals surface area contributed by atoms with Gasteiger partial charge in [0.25, 0.3) is 5.91 Å². The highest BCUT2D eigenvalue weighted by Gasteiger charge is 2.14. The van der Waals surface area contributed by atoms with Crippen molar-refractivity contribution in [3.8, 4) is 11.5 Å². The molecule has 3 aromatic rings. The molecule has 0 aliphatic heterocycles. The van der Waals surface area contributed by atoms with Crippen molar-refractivity contribution < 1.29 is 9.21 Å². The number of carbonyl (C=O) groups excluding carboxylic acids is 1. The number of rotatable bonds is 7. The highest BCUT2D eigenvalue weighted by atomic mass is 16.3. The summed E-state index contributed by atoms with van der Waals surface area (Å²) in [7, 11) is 0. The van der Waals surface area contributed by atoms with E-state index in [1.165, 1.54) is 0 Å². The van der Waals surface area contributed by atoms with Crippen LogP contribution in [0.1, 0.15) is 23.7 Å². The second-order valence-corrected chi connectivity index (χ2v) is 5.56. The Labute approximate surface area is 141 Å². The Bertz CT molecular complexity index is 813. The molecule has 0 saturated carbocycles. The lowest BCUT2D eigenvalue weighted by atomic mass is 10.1. The largest absolute Gasteiger partial charge is 0.463 e. The second kappa shape index (κ2) is 7.75. The SMILES string of the molecule is CCCNCCNC(=O)c1cc(-c2ccco2)nc2ccccc12. The van der Waals surface area contributed by atoms with E-state index in [9.17, 15) is 4.79 Å². The Hall–Kier alpha value is -2.66. The Morgan fingerprint density at radius 3 is 2.79 bits per heavy atom. The smallest absolute Gasteiger partial charge is 0.252 e. The van der Waals surface area contributed by atoms with Crippen molar-refractivity contribution in [2.45, 2.75) is 13.3 Å². The normalized spacial score (nSPS) is 10.9. The molecule has 0 bridgehead atoms. The number of nitrogens with zero attached hydrogens (tertiary/aromatic N) is 1. The zero-order valence-electron chi connectivity index (χ0n) is 13.7. The minimum absolute atomic E-state index is 0.0975. The number of fused-ring (bicyclic) bond motifs is 1. The number of hydrogen-bond donors (Lipinski definition) is 2. The van der Waals surface area contributed by atoms with E-state index in [0.29, 0.717) is 23.6 Å². The van der Waals surface area contributed by atoms with E-state index in [-0.39, 0.29) is 5.91 Å². The topological polar surface area (TPSA) is 67.2 Å². The highest BCUT2D eigenvalue weighted by molar-refractivity contribution is 6.07. The molecule has 1 aromatic carbocycles. The lowest BCUT2D eigenvalue weighted by Crippen LogP contribution is -2.32. The molecule has 2 N–H and O–H groups in total. The molecular weight excluding hydrogens is 302 g/mol. The molecule has 24 heavy (non-hydrogen) atoms. The standard InChI is InChI=1S/C19H21N3O2/c1-2-9-20-10-11-21-19(23)15-13-17(18-8-5-12-24-18)22-16-7-4-3-6-14(15)16/h3-8,12-13,20H,2,9-11H2,1H3,(H,21,23). The van der Waals surface area contributed by atoms with Gasteiger partial charge in [-0.1, -0.05) is 25.1 Å². The second-order valence-electron chi connectivity index (χ2n) is 5.56. The van der Waals surface area contributed by atoms with E-state index in [0.717, 1.165) is 30.4 Å². The Morgan fingerprint density at radius 1 is 1.12 bits per heavy atom. The molecule has 0 aliphatic carbocycles. The lowest BCUT2D eigenvalue weighted by molar-refractivity contribution is 0.0955. The molecule has 5 heteroatoms. The van der Waals surface area contributed by atoms with Gasteiger partial charge in [-0.15, -0.1) is 0 Å². The van der Waals surface area contributed by atoms with Crippen LogP contribution in [0.25, 0.3) is 22.4 Å². The predicted octanol–water partition coefficient (Wildman–Crippen LogP) is 3.22. The van der Waals surface area contributed by atoms with Crippen molar-refractivity contribution in [2.24, 2.45) is 0 Å². The van der Waals surface area contributed by atoms with Gasteiger partial charge in [-0.25, -0.2) is 4.98 Å². The number of para-hydroxylation sites is 1. The van der Waals surface area contributed by atoms with E-state index >= 15 is 0 Å². The highest BCUT2D eigenvalue weighted by Crippen LogP contribution is 2.25. The summed E-state index contributed by atoms with van der Waals surface area (Å²) in [6.45, 7) is 4.42. The first kappa shape index (κ1) is 16.2. The first-order chi connectivity index (χ1) is 11.8. The number of aromatic nitrogens is 1. The number of furan rings is 1. The van der Waals surface area contributed by atoms with Crippen molar-refractivity contribution in [2.75, 3.05) is 19.6 Å². The van der Waals surface area contributed by atoms with Crippen LogP contribution < -0.4 is 10.6 Å². The zero-order chi connectivity index (χ0) is 16.8. The summed E-state index contributed by atoms with van der Waals surface area (Å²) in [5, 5.41) is 7.07. The summed E-state index contributed by atoms with van der Waals surface area (Å²) in [4.78, 5) is 17.2. The van der Waals surface area contributed by atoms with Crippen LogP contribution in [0.3, 0.4) is 0 Å². The third-order valence-corrected chi connectivity index (χ3v) is 3.75. The number of hydrogen-bond acceptors (Lipinski definition) is 4. The quantitative estimate of drug-likeness (QED) is 0.655. The first-order valence-corrected chi connectivity index (χ1v) is 8.22. The number of nitrogens with one attached hydrogen (secondary N) is 2. The van der Waals surface area contributed by atoms with Crippen LogP contribution in [0.15, 0.2) is 53.1 Å². The fraction of sp³-hybridized carbons (Fsp3) is 0.263. The number of benzene rings is 1. The molecule has 2 heterocycles. The van der Waals surface area contributed by atoms with Gasteiger partial charge in [0.1, 0.15) is 5.69 Å². The van der Waals surface area contributed by atoms with E-state index in [2.05, 4.69) is 22.5 Å². The van der Waals surface area contributed by atoms with Crippen molar-refractivity contribution in [1.29, 1.82) is 0 Å². The Morgan fingerprint density at radius 2 is 2.00 bits per heavy atom. The molecule has 124 valence electrons. The summed E-state index contributed by atoms with van der Waals surface area (Å²) >= 11 is 0. The van der Waals surface area contributed by atoms with E-state index < -0.39 is 0 Å². The molecule has 2 aromatic heterocycles. The summed E-state index contributed by atoms with van der Waals surface area (Å²) in [5.41, 5.74) is 2.05. The molecule has 0 spiro atoms. The number of carbonyl (C=O) groups is 1. The Kier molecular flexibility index (Phi) is 5.23. The molecule has 0 saturated heterocycles. The lowest BCUT2D eigenvalue weighted by Gasteiger charge is -2.10. The fourth-order valence-corrected chi connectivity index (χ4v) is 2.58. The maximum absolute atomic E-state index is 12.6. The van der Waals surface area contributed by atoms with Crippen LogP contribution in [0.4, 0.5) is 0 Å². The number of pyridine rings is 1. The first-order valence-electron chi connectivity index (χ1n) is 8.22. The van der Waals surface area contributed by atoms with Crippen LogP contribution in [-0.4, -0.2) is 30.5 Å². The van der Waals surface area contributed by atoms with Gasteiger partial charge < -0.3 is 15.1 Å². The number of amides is 1. The maximum atomic E-state index is 12.6. The molecule has 0 atom stereocenters. The minimum Gasteiger partial charge on any atom is -0.463 e. The molecule has 0 unspecified atom stereocenters. The zero-order valence-corrected chi connectivity index (χ0v) is 13.7. The van der Waals surface area contributed by atoms with Crippen LogP contribution in [-0.2, 0) is 0 Å². The summed E-state index contributed by atoms with van der Waals surface area (Å²) in [6, 6.07) is 13.1. The van der Waals surface area contributed by atoms with Gasteiger partial charge in [0, 0.05) is 18.5 Å². The molecule has 0 radical (unpaired) electrons. The van der Waals surface area contributed by atoms with Gasteiger partial charge in [0.15, 0.2) is 5.76 Å². The molecule has 5 nitrogen and oxygen atoms in total. The van der Waals surface area contributed by atoms with Gasteiger partial charge in [-0.05, 0) is 37.2 Å². The maximum Gasteiger partial charge on any atom is 0.252 e. The predicted molar refractivity (Wildman–Crippen MR) is 94.9 cm³/mol. The van der Waals surface area contributed by atoms with Gasteiger partial charge in [0.2, 0.25) is 0 Å². The van der Waals surface area contributed by atoms with Crippen LogP contribution >= 0.6 is 0 Å². The Balaban J connectivity index is 1.86. The van der Waals surface area contributed by atoms with Gasteiger partial charge in [-0.3, -0.25) is 4.79 Å². The summed E-state index contributed by atoms with van der Waals surface area (Å²) < 4.78 is 5.42. The molecule has 1 amide bonds. The van der Waals surface area contributed by atoms with Crippen LogP contribution in [0.5, 0.6) is 0 Å². The molecular formula is C19H21N3O2. The average molecular weight is 323 g/mol. The monoisotopic (exact) mass is 323 g/mol. The van der Waals surface area contributed by atoms with Crippen molar-refractivity contribution >= 4 is 16.8 Å². The molecule has 0 aliphatic rings. The van der Waals surface area contributed by atoms with Gasteiger partial charge in [-0.2, -0.15) is 0 Å². The van der Waals surface area contributed by atoms with E-state index in [1.54, 1.807) is 12.3 Å². The average Bonchev–Trinajstić information content (AvgIpc) is 3.15. The third-order valence-electron chi connectivity index (χ3n) is 3.75. The van der Waals surface area contributed by atoms with Crippen LogP contribution in [0, 0.1) is 0 Å². The van der Waals surface area contributed by atoms with Crippen molar-refractivity contribution in [1.82, 2.24) is 15.6 Å². The fourth-order valence-electron chi connectivity index (χ4n) is 2.58. The van der Waals surface area contributed by atoms with E-state index in [4.69, 9.17) is 4.42 Å². The van der Waals surface area contributed by atoms with Crippen LogP contribution in [0.2, 0.25) is 0 Å². The minimum atomic E-state index is -0.0975. The third kappa shape index (κ3) is 3.63. The molecule has 3 rings (SSSR count). The van der Waals surface area contributed by atoms with Crippen molar-refractivity contribution in [3.05, 3.63) is 54.3 Å². The van der Waals surface area contributed by atoms with Crippen molar-refractivity contribution in [3.63, 3.8) is 0 Å². The molecule has 0 fully saturated rings. The summed E-state index contributed by atoms with van der Waals surface area (Å²) in [5.74, 6) is 0.555. The van der Waals surface area contributed by atoms with E-state index in [1.807, 2.05) is 36.4 Å². The van der Waals surface area contributed by atoms with Gasteiger partial charge in [0.05, 0.1) is 17.3 Å². The summed E-state index contributed by atoms with van der Waals surface area (Å²) in [6.07, 6.45) is 2.68.